The fourth-order valence-electron chi connectivity index (χ4n) is 1.95. The summed E-state index contributed by atoms with van der Waals surface area (Å²) >= 11 is 7.95. The van der Waals surface area contributed by atoms with Crippen molar-refractivity contribution in [3.8, 4) is 0 Å². The first kappa shape index (κ1) is 15.7. The van der Waals surface area contributed by atoms with E-state index in [1.807, 2.05) is 47.0 Å². The van der Waals surface area contributed by atoms with Crippen LogP contribution in [0.4, 0.5) is 0 Å². The molecule has 0 aromatic carbocycles. The van der Waals surface area contributed by atoms with Crippen LogP contribution in [0.15, 0.2) is 0 Å². The normalized spacial score (nSPS) is 25.0. The van der Waals surface area contributed by atoms with Gasteiger partial charge in [0.25, 0.3) is 0 Å². The third-order valence-corrected chi connectivity index (χ3v) is 7.46. The van der Waals surface area contributed by atoms with Gasteiger partial charge in [-0.05, 0) is 0 Å². The van der Waals surface area contributed by atoms with Crippen molar-refractivity contribution >= 4 is 47.0 Å². The van der Waals surface area contributed by atoms with Crippen LogP contribution in [0, 0.1) is 0 Å². The molecule has 0 saturated carbocycles. The summed E-state index contributed by atoms with van der Waals surface area (Å²) < 4.78 is 0. The maximum Gasteiger partial charge on any atom is 0.0795 e. The number of aliphatic hydroxyl groups excluding tert-OH is 1. The van der Waals surface area contributed by atoms with E-state index in [1.165, 1.54) is 23.0 Å². The summed E-state index contributed by atoms with van der Waals surface area (Å²) in [5.41, 5.74) is 0. The summed E-state index contributed by atoms with van der Waals surface area (Å²) in [6.07, 6.45) is -0.205. The first-order valence-electron chi connectivity index (χ1n) is 6.28. The molecular formula is C11H22N2OS4. The van der Waals surface area contributed by atoms with Gasteiger partial charge in [-0.15, -0.1) is 47.0 Å². The molecule has 106 valence electrons. The molecule has 0 aromatic heterocycles. The van der Waals surface area contributed by atoms with E-state index in [1.54, 1.807) is 0 Å². The van der Waals surface area contributed by atoms with Crippen molar-refractivity contribution in [2.45, 2.75) is 6.10 Å². The molecule has 2 heterocycles. The smallest absolute Gasteiger partial charge is 0.0795 e. The second kappa shape index (κ2) is 9.26. The van der Waals surface area contributed by atoms with Crippen molar-refractivity contribution in [3.63, 3.8) is 0 Å². The second-order valence-corrected chi connectivity index (χ2v) is 8.81. The molecule has 0 aromatic rings. The summed E-state index contributed by atoms with van der Waals surface area (Å²) in [4.78, 5) is 4.76. The molecule has 0 bridgehead atoms. The number of hydrogen-bond donors (Lipinski definition) is 1. The van der Waals surface area contributed by atoms with Gasteiger partial charge in [0.2, 0.25) is 0 Å². The molecule has 0 unspecified atom stereocenters. The zero-order chi connectivity index (χ0) is 12.6. The van der Waals surface area contributed by atoms with Gasteiger partial charge in [-0.3, -0.25) is 9.80 Å². The van der Waals surface area contributed by atoms with Crippen LogP contribution in [0.3, 0.4) is 0 Å². The minimum absolute atomic E-state index is 0.205. The number of nitrogens with zero attached hydrogens (tertiary/aromatic N) is 2. The Hall–Kier alpha value is 1.28. The van der Waals surface area contributed by atoms with E-state index in [2.05, 4.69) is 9.80 Å². The van der Waals surface area contributed by atoms with E-state index in [-0.39, 0.29) is 6.10 Å². The highest BCUT2D eigenvalue weighted by molar-refractivity contribution is 8.03. The SMILES string of the molecule is OC(CN1CSCCSC1)CN1CSCCSC1. The Labute approximate surface area is 127 Å². The average molecular weight is 327 g/mol. The molecule has 1 N–H and O–H groups in total. The average Bonchev–Trinajstić information content (AvgIpc) is 2.74. The third kappa shape index (κ3) is 6.15. The monoisotopic (exact) mass is 326 g/mol. The van der Waals surface area contributed by atoms with Crippen molar-refractivity contribution in [3.05, 3.63) is 0 Å². The van der Waals surface area contributed by atoms with Crippen LogP contribution < -0.4 is 0 Å². The van der Waals surface area contributed by atoms with Gasteiger partial charge in [0.15, 0.2) is 0 Å². The van der Waals surface area contributed by atoms with E-state index >= 15 is 0 Å². The highest BCUT2D eigenvalue weighted by Crippen LogP contribution is 2.19. The second-order valence-electron chi connectivity index (χ2n) is 4.51. The van der Waals surface area contributed by atoms with Gasteiger partial charge in [0.05, 0.1) is 6.10 Å². The van der Waals surface area contributed by atoms with E-state index in [0.717, 1.165) is 36.6 Å². The molecular weight excluding hydrogens is 304 g/mol. The third-order valence-electron chi connectivity index (χ3n) is 2.78. The fourth-order valence-corrected chi connectivity index (χ4v) is 6.40. The first-order valence-corrected chi connectivity index (χ1v) is 10.9. The Morgan fingerprint density at radius 3 is 1.39 bits per heavy atom. The van der Waals surface area contributed by atoms with Gasteiger partial charge in [-0.25, -0.2) is 0 Å². The van der Waals surface area contributed by atoms with Crippen LogP contribution in [-0.4, -0.2) is 80.6 Å². The van der Waals surface area contributed by atoms with Crippen LogP contribution in [0.1, 0.15) is 0 Å². The van der Waals surface area contributed by atoms with E-state index in [0.29, 0.717) is 0 Å². The standard InChI is InChI=1S/C11H22N2OS4/c14-11(5-12-7-15-1-2-16-8-12)6-13-9-17-3-4-18-10-13/h11,14H,1-10H2. The summed E-state index contributed by atoms with van der Waals surface area (Å²) in [5, 5.41) is 10.2. The van der Waals surface area contributed by atoms with Crippen LogP contribution in [0.5, 0.6) is 0 Å². The summed E-state index contributed by atoms with van der Waals surface area (Å²) in [6.45, 7) is 1.65. The molecule has 2 aliphatic rings. The molecule has 2 saturated heterocycles. The minimum Gasteiger partial charge on any atom is -0.390 e. The number of β-amino-alcohol motifs (C(OH)–C–C–N with tert-alkyl or cyclic N) is 1. The Kier molecular flexibility index (Phi) is 8.06. The topological polar surface area (TPSA) is 26.7 Å². The zero-order valence-electron chi connectivity index (χ0n) is 10.6. The lowest BCUT2D eigenvalue weighted by Gasteiger charge is -2.26. The molecule has 0 aliphatic carbocycles. The number of thioether (sulfide) groups is 4. The van der Waals surface area contributed by atoms with Crippen LogP contribution in [0.2, 0.25) is 0 Å². The van der Waals surface area contributed by atoms with Gasteiger partial charge >= 0.3 is 0 Å². The van der Waals surface area contributed by atoms with Crippen LogP contribution in [-0.2, 0) is 0 Å². The Morgan fingerprint density at radius 2 is 1.06 bits per heavy atom. The minimum atomic E-state index is -0.205. The van der Waals surface area contributed by atoms with Gasteiger partial charge in [0, 0.05) is 59.6 Å². The summed E-state index contributed by atoms with van der Waals surface area (Å²) in [5.74, 6) is 9.29. The Bertz CT molecular complexity index is 197. The quantitative estimate of drug-likeness (QED) is 0.841. The van der Waals surface area contributed by atoms with Gasteiger partial charge in [-0.1, -0.05) is 0 Å². The molecule has 2 fully saturated rings. The maximum atomic E-state index is 10.2. The molecule has 18 heavy (non-hydrogen) atoms. The van der Waals surface area contributed by atoms with Crippen molar-refractivity contribution in [2.24, 2.45) is 0 Å². The van der Waals surface area contributed by atoms with Crippen molar-refractivity contribution in [1.29, 1.82) is 0 Å². The molecule has 0 atom stereocenters. The van der Waals surface area contributed by atoms with Crippen molar-refractivity contribution in [2.75, 3.05) is 59.6 Å². The molecule has 3 nitrogen and oxygen atoms in total. The molecule has 2 rings (SSSR count). The molecule has 0 radical (unpaired) electrons. The van der Waals surface area contributed by atoms with Crippen molar-refractivity contribution < 1.29 is 5.11 Å². The lowest BCUT2D eigenvalue weighted by atomic mass is 10.3. The molecule has 0 amide bonds. The largest absolute Gasteiger partial charge is 0.390 e. The van der Waals surface area contributed by atoms with Crippen LogP contribution in [0.25, 0.3) is 0 Å². The first-order chi connectivity index (χ1) is 8.84. The fraction of sp³-hybridized carbons (Fsp3) is 1.00. The predicted octanol–water partition coefficient (Wildman–Crippen LogP) is 1.74. The summed E-state index contributed by atoms with van der Waals surface area (Å²) in [7, 11) is 0. The molecule has 2 aliphatic heterocycles. The van der Waals surface area contributed by atoms with E-state index in [9.17, 15) is 5.11 Å². The number of aliphatic hydroxyl groups is 1. The van der Waals surface area contributed by atoms with Gasteiger partial charge < -0.3 is 5.11 Å². The molecule has 7 heteroatoms. The highest BCUT2D eigenvalue weighted by atomic mass is 32.2. The maximum absolute atomic E-state index is 10.2. The van der Waals surface area contributed by atoms with Gasteiger partial charge in [0.1, 0.15) is 0 Å². The number of rotatable bonds is 4. The lowest BCUT2D eigenvalue weighted by molar-refractivity contribution is 0.0998. The molecule has 0 spiro atoms. The summed E-state index contributed by atoms with van der Waals surface area (Å²) in [6, 6.07) is 0. The van der Waals surface area contributed by atoms with E-state index < -0.39 is 0 Å². The van der Waals surface area contributed by atoms with E-state index in [4.69, 9.17) is 0 Å². The van der Waals surface area contributed by atoms with Crippen LogP contribution >= 0.6 is 47.0 Å². The Morgan fingerprint density at radius 1 is 0.722 bits per heavy atom. The van der Waals surface area contributed by atoms with Gasteiger partial charge in [-0.2, -0.15) is 0 Å². The number of hydrogen-bond acceptors (Lipinski definition) is 7. The highest BCUT2D eigenvalue weighted by Gasteiger charge is 2.18. The Balaban J connectivity index is 1.67. The lowest BCUT2D eigenvalue weighted by Crippen LogP contribution is -2.39. The van der Waals surface area contributed by atoms with Crippen molar-refractivity contribution in [1.82, 2.24) is 9.80 Å². The zero-order valence-corrected chi connectivity index (χ0v) is 13.9. The predicted molar refractivity (Wildman–Crippen MR) is 88.7 cm³/mol.